The maximum Gasteiger partial charge on any atom is 0.0275 e. The minimum Gasteiger partial charge on any atom is -0.0602 e. The predicted molar refractivity (Wildman–Crippen MR) is 57.6 cm³/mol. The molecule has 3 saturated carbocycles. The first-order chi connectivity index (χ1) is 6.80. The molecule has 1 unspecified atom stereocenters. The third-order valence-corrected chi connectivity index (χ3v) is 3.51. The van der Waals surface area contributed by atoms with Gasteiger partial charge in [0, 0.05) is 2.74 Å². The zero-order chi connectivity index (χ0) is 11.3. The number of hydrogen-bond acceptors (Lipinski definition) is 0. The standard InChI is InChI=1S/C13H24/c1-13(2,3)9-11-5-4-10-6-12(7-10)8-11/h10-12H,4-9H2,1-3H3/i9D2. The summed E-state index contributed by atoms with van der Waals surface area (Å²) in [6, 6.07) is 0. The highest BCUT2D eigenvalue weighted by atomic mass is 14.4. The van der Waals surface area contributed by atoms with Crippen molar-refractivity contribution in [3.8, 4) is 0 Å². The summed E-state index contributed by atoms with van der Waals surface area (Å²) < 4.78 is 16.7. The van der Waals surface area contributed by atoms with E-state index in [-0.39, 0.29) is 5.41 Å². The van der Waals surface area contributed by atoms with Gasteiger partial charge in [0.1, 0.15) is 0 Å². The fraction of sp³-hybridized carbons (Fsp3) is 1.00. The van der Waals surface area contributed by atoms with E-state index in [0.717, 1.165) is 24.7 Å². The van der Waals surface area contributed by atoms with Crippen LogP contribution in [0.5, 0.6) is 0 Å². The molecule has 3 aliphatic rings. The maximum absolute atomic E-state index is 8.34. The summed E-state index contributed by atoms with van der Waals surface area (Å²) in [6.07, 6.45) is 5.31. The minimum absolute atomic E-state index is 0.216. The first-order valence-corrected chi connectivity index (χ1v) is 5.80. The van der Waals surface area contributed by atoms with Crippen molar-refractivity contribution < 1.29 is 2.74 Å². The third kappa shape index (κ3) is 2.48. The molecule has 0 radical (unpaired) electrons. The van der Waals surface area contributed by atoms with Gasteiger partial charge in [-0.1, -0.05) is 33.6 Å². The second-order valence-electron chi connectivity index (χ2n) is 6.11. The summed E-state index contributed by atoms with van der Waals surface area (Å²) in [4.78, 5) is 0. The van der Waals surface area contributed by atoms with E-state index in [1.807, 2.05) is 20.8 Å². The molecule has 0 heteroatoms. The lowest BCUT2D eigenvalue weighted by molar-refractivity contribution is 0.184. The second kappa shape index (κ2) is 3.29. The van der Waals surface area contributed by atoms with Crippen LogP contribution in [0.2, 0.25) is 0 Å². The molecule has 0 aromatic carbocycles. The summed E-state index contributed by atoms with van der Waals surface area (Å²) in [7, 11) is 0. The normalized spacial score (nSPS) is 42.8. The third-order valence-electron chi connectivity index (χ3n) is 3.51. The summed E-state index contributed by atoms with van der Waals surface area (Å²) >= 11 is 0. The van der Waals surface area contributed by atoms with Gasteiger partial charge in [0.15, 0.2) is 0 Å². The Morgan fingerprint density at radius 1 is 1.08 bits per heavy atom. The largest absolute Gasteiger partial charge is 0.0602 e. The van der Waals surface area contributed by atoms with E-state index in [1.165, 1.54) is 19.3 Å². The molecule has 0 nitrogen and oxygen atoms in total. The molecule has 0 saturated heterocycles. The highest BCUT2D eigenvalue weighted by Gasteiger charge is 2.35. The Morgan fingerprint density at radius 2 is 1.77 bits per heavy atom. The molecule has 13 heavy (non-hydrogen) atoms. The van der Waals surface area contributed by atoms with Gasteiger partial charge in [-0.15, -0.1) is 0 Å². The number of hydrogen-bond donors (Lipinski definition) is 0. The molecule has 0 heterocycles. The molecule has 76 valence electrons. The zero-order valence-electron chi connectivity index (χ0n) is 11.3. The van der Waals surface area contributed by atoms with E-state index < -0.39 is 6.37 Å². The van der Waals surface area contributed by atoms with Gasteiger partial charge in [0.2, 0.25) is 0 Å². The highest BCUT2D eigenvalue weighted by Crippen LogP contribution is 2.47. The van der Waals surface area contributed by atoms with Gasteiger partial charge < -0.3 is 0 Å². The predicted octanol–water partition coefficient (Wildman–Crippen LogP) is 4.25. The van der Waals surface area contributed by atoms with Crippen molar-refractivity contribution in [1.82, 2.24) is 0 Å². The molecular formula is C13H24. The summed E-state index contributed by atoms with van der Waals surface area (Å²) in [5.41, 5.74) is -0.216. The summed E-state index contributed by atoms with van der Waals surface area (Å²) in [5, 5.41) is 0. The van der Waals surface area contributed by atoms with Crippen molar-refractivity contribution in [3.63, 3.8) is 0 Å². The van der Waals surface area contributed by atoms with E-state index in [2.05, 4.69) is 0 Å². The molecule has 3 fully saturated rings. The van der Waals surface area contributed by atoms with Crippen LogP contribution in [0.15, 0.2) is 0 Å². The molecule has 3 aliphatic carbocycles. The Labute approximate surface area is 85.9 Å². The van der Waals surface area contributed by atoms with Crippen LogP contribution in [-0.2, 0) is 0 Å². The average Bonchev–Trinajstić information content (AvgIpc) is 2.30. The van der Waals surface area contributed by atoms with Crippen molar-refractivity contribution in [2.45, 2.75) is 59.2 Å². The van der Waals surface area contributed by atoms with Crippen LogP contribution in [0, 0.1) is 23.2 Å². The molecule has 0 aromatic rings. The van der Waals surface area contributed by atoms with E-state index in [1.54, 1.807) is 0 Å². The van der Waals surface area contributed by atoms with Crippen LogP contribution < -0.4 is 0 Å². The van der Waals surface area contributed by atoms with Crippen molar-refractivity contribution in [3.05, 3.63) is 0 Å². The molecule has 2 bridgehead atoms. The van der Waals surface area contributed by atoms with Crippen LogP contribution in [0.1, 0.15) is 62.0 Å². The SMILES string of the molecule is [2H]C([2H])(C1CCC2CC(C2)C1)C(C)(C)C. The second-order valence-corrected chi connectivity index (χ2v) is 6.11. The Kier molecular flexibility index (Phi) is 1.85. The average molecular weight is 182 g/mol. The van der Waals surface area contributed by atoms with Crippen molar-refractivity contribution in [2.24, 2.45) is 23.2 Å². The van der Waals surface area contributed by atoms with Crippen LogP contribution in [0.3, 0.4) is 0 Å². The van der Waals surface area contributed by atoms with Gasteiger partial charge in [-0.25, -0.2) is 0 Å². The van der Waals surface area contributed by atoms with Gasteiger partial charge in [-0.2, -0.15) is 0 Å². The topological polar surface area (TPSA) is 0 Å². The fourth-order valence-electron chi connectivity index (χ4n) is 3.00. The molecular weight excluding hydrogens is 156 g/mol. The van der Waals surface area contributed by atoms with E-state index >= 15 is 0 Å². The van der Waals surface area contributed by atoms with Gasteiger partial charge in [-0.05, 0) is 48.8 Å². The van der Waals surface area contributed by atoms with Crippen molar-refractivity contribution in [2.75, 3.05) is 0 Å². The first kappa shape index (κ1) is 7.31. The van der Waals surface area contributed by atoms with Crippen molar-refractivity contribution >= 4 is 0 Å². The molecule has 0 aromatic heterocycles. The van der Waals surface area contributed by atoms with Crippen LogP contribution >= 0.6 is 0 Å². The fourth-order valence-corrected chi connectivity index (χ4v) is 3.00. The summed E-state index contributed by atoms with van der Waals surface area (Å²) in [5.74, 6) is 2.09. The van der Waals surface area contributed by atoms with Crippen LogP contribution in [0.25, 0.3) is 0 Å². The monoisotopic (exact) mass is 182 g/mol. The van der Waals surface area contributed by atoms with E-state index in [4.69, 9.17) is 2.74 Å². The number of rotatable bonds is 1. The van der Waals surface area contributed by atoms with Gasteiger partial charge >= 0.3 is 0 Å². The zero-order valence-corrected chi connectivity index (χ0v) is 9.27. The van der Waals surface area contributed by atoms with Crippen LogP contribution in [-0.4, -0.2) is 0 Å². The van der Waals surface area contributed by atoms with Crippen LogP contribution in [0.4, 0.5) is 0 Å². The lowest BCUT2D eigenvalue weighted by atomic mass is 9.73. The summed E-state index contributed by atoms with van der Waals surface area (Å²) in [6.45, 7) is 6.13. The Balaban J connectivity index is 2.09. The van der Waals surface area contributed by atoms with Gasteiger partial charge in [0.05, 0.1) is 0 Å². The maximum atomic E-state index is 8.34. The van der Waals surface area contributed by atoms with Gasteiger partial charge in [-0.3, -0.25) is 0 Å². The van der Waals surface area contributed by atoms with Crippen molar-refractivity contribution in [1.29, 1.82) is 0 Å². The first-order valence-electron chi connectivity index (χ1n) is 6.80. The van der Waals surface area contributed by atoms with Gasteiger partial charge in [0.25, 0.3) is 0 Å². The molecule has 3 rings (SSSR count). The highest BCUT2D eigenvalue weighted by molar-refractivity contribution is 4.87. The smallest absolute Gasteiger partial charge is 0.0275 e. The molecule has 0 N–H and O–H groups in total. The molecule has 1 atom stereocenters. The quantitative estimate of drug-likeness (QED) is 0.569. The lowest BCUT2D eigenvalue weighted by Gasteiger charge is -2.33. The Morgan fingerprint density at radius 3 is 2.38 bits per heavy atom. The molecule has 0 spiro atoms. The Bertz CT molecular complexity index is 233. The van der Waals surface area contributed by atoms with E-state index in [9.17, 15) is 0 Å². The minimum atomic E-state index is -0.996. The number of fused-ring (bicyclic) bond motifs is 3. The molecule has 0 aliphatic heterocycles. The molecule has 0 amide bonds. The Hall–Kier alpha value is 0. The lowest BCUT2D eigenvalue weighted by Crippen LogP contribution is -2.21. The van der Waals surface area contributed by atoms with E-state index in [0.29, 0.717) is 5.92 Å².